The van der Waals surface area contributed by atoms with E-state index in [4.69, 9.17) is 10.5 Å². The molecule has 15 heavy (non-hydrogen) atoms. The Morgan fingerprint density at radius 3 is 2.67 bits per heavy atom. The summed E-state index contributed by atoms with van der Waals surface area (Å²) in [5.74, 6) is 0.339. The third-order valence-electron chi connectivity index (χ3n) is 2.14. The number of nitrogens with two attached hydrogens (primary N) is 1. The number of anilines is 1. The molecule has 0 fully saturated rings. The first-order valence-corrected chi connectivity index (χ1v) is 4.68. The van der Waals surface area contributed by atoms with Gasteiger partial charge >= 0.3 is 0 Å². The van der Waals surface area contributed by atoms with Crippen molar-refractivity contribution in [2.75, 3.05) is 12.4 Å². The van der Waals surface area contributed by atoms with Crippen molar-refractivity contribution >= 4 is 11.6 Å². The molecule has 82 valence electrons. The van der Waals surface area contributed by atoms with Crippen LogP contribution in [0.1, 0.15) is 13.8 Å². The summed E-state index contributed by atoms with van der Waals surface area (Å²) < 4.78 is 5.07. The molecular weight excluding hydrogens is 192 g/mol. The van der Waals surface area contributed by atoms with E-state index in [0.717, 1.165) is 11.4 Å². The zero-order chi connectivity index (χ0) is 11.5. The topological polar surface area (TPSA) is 64.3 Å². The first-order chi connectivity index (χ1) is 6.95. The normalized spacial score (nSPS) is 10.9. The van der Waals surface area contributed by atoms with Gasteiger partial charge in [0.2, 0.25) is 5.91 Å². The molecule has 0 aliphatic heterocycles. The van der Waals surface area contributed by atoms with Gasteiger partial charge in [-0.05, 0) is 26.0 Å². The molecule has 0 bridgehead atoms. The number of nitrogens with one attached hydrogen (secondary N) is 1. The molecule has 3 N–H and O–H groups in total. The lowest BCUT2D eigenvalue weighted by Crippen LogP contribution is -2.44. The van der Waals surface area contributed by atoms with Crippen LogP contribution in [-0.4, -0.2) is 18.6 Å². The second kappa shape index (κ2) is 4.21. The van der Waals surface area contributed by atoms with Gasteiger partial charge in [0.05, 0.1) is 7.11 Å². The number of hydrogen-bond acceptors (Lipinski definition) is 3. The van der Waals surface area contributed by atoms with Gasteiger partial charge in [0.1, 0.15) is 11.3 Å². The maximum Gasteiger partial charge on any atom is 0.242 e. The van der Waals surface area contributed by atoms with E-state index in [-0.39, 0.29) is 0 Å². The van der Waals surface area contributed by atoms with Crippen molar-refractivity contribution in [2.24, 2.45) is 5.73 Å². The molecule has 4 heteroatoms. The van der Waals surface area contributed by atoms with Crippen molar-refractivity contribution in [1.29, 1.82) is 0 Å². The van der Waals surface area contributed by atoms with E-state index >= 15 is 0 Å². The van der Waals surface area contributed by atoms with Crippen molar-refractivity contribution in [1.82, 2.24) is 0 Å². The number of ether oxygens (including phenoxy) is 1. The van der Waals surface area contributed by atoms with Gasteiger partial charge in [0.15, 0.2) is 0 Å². The lowest BCUT2D eigenvalue weighted by molar-refractivity contribution is -0.121. The van der Waals surface area contributed by atoms with Crippen molar-refractivity contribution in [2.45, 2.75) is 19.4 Å². The molecule has 0 aromatic heterocycles. The molecule has 1 amide bonds. The summed E-state index contributed by atoms with van der Waals surface area (Å²) in [4.78, 5) is 11.1. The summed E-state index contributed by atoms with van der Waals surface area (Å²) >= 11 is 0. The van der Waals surface area contributed by atoms with Crippen LogP contribution in [0.25, 0.3) is 0 Å². The highest BCUT2D eigenvalue weighted by molar-refractivity contribution is 5.86. The molecule has 0 saturated heterocycles. The van der Waals surface area contributed by atoms with Gasteiger partial charge in [0.25, 0.3) is 0 Å². The largest absolute Gasteiger partial charge is 0.497 e. The van der Waals surface area contributed by atoms with Gasteiger partial charge in [-0.2, -0.15) is 0 Å². The van der Waals surface area contributed by atoms with Crippen molar-refractivity contribution in [3.8, 4) is 5.75 Å². The van der Waals surface area contributed by atoms with Crippen LogP contribution >= 0.6 is 0 Å². The molecule has 0 atom stereocenters. The summed E-state index contributed by atoms with van der Waals surface area (Å²) in [6, 6.07) is 7.35. The lowest BCUT2D eigenvalue weighted by Gasteiger charge is -2.23. The average Bonchev–Trinajstić information content (AvgIpc) is 2.17. The summed E-state index contributed by atoms with van der Waals surface area (Å²) in [6.07, 6.45) is 0. The quantitative estimate of drug-likeness (QED) is 0.785. The zero-order valence-corrected chi connectivity index (χ0v) is 9.20. The Bertz CT molecular complexity index is 361. The van der Waals surface area contributed by atoms with Gasteiger partial charge in [-0.3, -0.25) is 4.79 Å². The number of hydrogen-bond donors (Lipinski definition) is 2. The predicted octanol–water partition coefficient (Wildman–Crippen LogP) is 1.37. The van der Waals surface area contributed by atoms with Crippen molar-refractivity contribution < 1.29 is 9.53 Å². The SMILES string of the molecule is COc1cccc(NC(C)(C)C(N)=O)c1. The van der Waals surface area contributed by atoms with Crippen LogP contribution in [0.3, 0.4) is 0 Å². The van der Waals surface area contributed by atoms with E-state index < -0.39 is 11.4 Å². The van der Waals surface area contributed by atoms with E-state index in [2.05, 4.69) is 5.32 Å². The highest BCUT2D eigenvalue weighted by Gasteiger charge is 2.24. The Kier molecular flexibility index (Phi) is 3.19. The van der Waals surface area contributed by atoms with Gasteiger partial charge < -0.3 is 15.8 Å². The summed E-state index contributed by atoms with van der Waals surface area (Å²) in [5.41, 5.74) is 5.29. The Morgan fingerprint density at radius 1 is 1.47 bits per heavy atom. The molecule has 0 aliphatic rings. The van der Waals surface area contributed by atoms with Crippen LogP contribution in [0.15, 0.2) is 24.3 Å². The molecule has 0 heterocycles. The van der Waals surface area contributed by atoms with Crippen molar-refractivity contribution in [3.63, 3.8) is 0 Å². The maximum absolute atomic E-state index is 11.1. The average molecular weight is 208 g/mol. The molecule has 1 aromatic rings. The van der Waals surface area contributed by atoms with Crippen LogP contribution in [0.2, 0.25) is 0 Å². The number of primary amides is 1. The van der Waals surface area contributed by atoms with Crippen LogP contribution in [-0.2, 0) is 4.79 Å². The Morgan fingerprint density at radius 2 is 2.13 bits per heavy atom. The Balaban J connectivity index is 2.85. The second-order valence-electron chi connectivity index (χ2n) is 3.85. The Hall–Kier alpha value is -1.71. The van der Waals surface area contributed by atoms with Crippen LogP contribution < -0.4 is 15.8 Å². The summed E-state index contributed by atoms with van der Waals surface area (Å²) in [5, 5.41) is 3.04. The summed E-state index contributed by atoms with van der Waals surface area (Å²) in [7, 11) is 1.60. The van der Waals surface area contributed by atoms with Crippen LogP contribution in [0, 0.1) is 0 Å². The van der Waals surface area contributed by atoms with Gasteiger partial charge in [0, 0.05) is 11.8 Å². The fourth-order valence-corrected chi connectivity index (χ4v) is 1.12. The number of benzene rings is 1. The first-order valence-electron chi connectivity index (χ1n) is 4.68. The second-order valence-corrected chi connectivity index (χ2v) is 3.85. The van der Waals surface area contributed by atoms with Crippen LogP contribution in [0.4, 0.5) is 5.69 Å². The highest BCUT2D eigenvalue weighted by Crippen LogP contribution is 2.20. The van der Waals surface area contributed by atoms with E-state index in [1.807, 2.05) is 24.3 Å². The molecule has 0 aliphatic carbocycles. The standard InChI is InChI=1S/C11H16N2O2/c1-11(2,10(12)14)13-8-5-4-6-9(7-8)15-3/h4-7,13H,1-3H3,(H2,12,14). The zero-order valence-electron chi connectivity index (χ0n) is 9.20. The highest BCUT2D eigenvalue weighted by atomic mass is 16.5. The molecular formula is C11H16N2O2. The van der Waals surface area contributed by atoms with Crippen molar-refractivity contribution in [3.05, 3.63) is 24.3 Å². The van der Waals surface area contributed by atoms with Gasteiger partial charge in [-0.15, -0.1) is 0 Å². The number of methoxy groups -OCH3 is 1. The molecule has 0 saturated carbocycles. The monoisotopic (exact) mass is 208 g/mol. The lowest BCUT2D eigenvalue weighted by atomic mass is 10.0. The predicted molar refractivity (Wildman–Crippen MR) is 59.9 cm³/mol. The Labute approximate surface area is 89.4 Å². The minimum Gasteiger partial charge on any atom is -0.497 e. The molecule has 1 rings (SSSR count). The number of rotatable bonds is 4. The fourth-order valence-electron chi connectivity index (χ4n) is 1.12. The number of amides is 1. The van der Waals surface area contributed by atoms with E-state index in [9.17, 15) is 4.79 Å². The van der Waals surface area contributed by atoms with Crippen LogP contribution in [0.5, 0.6) is 5.75 Å². The molecule has 4 nitrogen and oxygen atoms in total. The van der Waals surface area contributed by atoms with Gasteiger partial charge in [-0.1, -0.05) is 6.07 Å². The minimum absolute atomic E-state index is 0.398. The molecule has 1 aromatic carbocycles. The maximum atomic E-state index is 11.1. The number of carbonyl (C=O) groups is 1. The van der Waals surface area contributed by atoms with E-state index in [1.165, 1.54) is 0 Å². The minimum atomic E-state index is -0.771. The summed E-state index contributed by atoms with van der Waals surface area (Å²) in [6.45, 7) is 3.46. The van der Waals surface area contributed by atoms with E-state index in [1.54, 1.807) is 21.0 Å². The fraction of sp³-hybridized carbons (Fsp3) is 0.364. The molecule has 0 unspecified atom stereocenters. The third-order valence-corrected chi connectivity index (χ3v) is 2.14. The smallest absolute Gasteiger partial charge is 0.242 e. The van der Waals surface area contributed by atoms with Gasteiger partial charge in [-0.25, -0.2) is 0 Å². The number of carbonyl (C=O) groups excluding carboxylic acids is 1. The van der Waals surface area contributed by atoms with E-state index in [0.29, 0.717) is 0 Å². The molecule has 0 radical (unpaired) electrons. The third kappa shape index (κ3) is 2.87. The first kappa shape index (κ1) is 11.4. The molecule has 0 spiro atoms.